The summed E-state index contributed by atoms with van der Waals surface area (Å²) in [6.07, 6.45) is 11.6. The molecule has 0 unspecified atom stereocenters. The number of hydrogen-bond donors (Lipinski definition) is 0. The summed E-state index contributed by atoms with van der Waals surface area (Å²) in [5.74, 6) is 0.703. The van der Waals surface area contributed by atoms with Crippen molar-refractivity contribution in [2.24, 2.45) is 0 Å². The monoisotopic (exact) mass is 534 g/mol. The van der Waals surface area contributed by atoms with E-state index in [9.17, 15) is 4.57 Å². The van der Waals surface area contributed by atoms with Crippen LogP contribution in [0.3, 0.4) is 0 Å². The molecule has 5 heteroatoms. The molecule has 0 aliphatic heterocycles. The molecule has 0 heterocycles. The van der Waals surface area contributed by atoms with Crippen LogP contribution >= 0.6 is 7.82 Å². The molecule has 1 aliphatic rings. The zero-order chi connectivity index (χ0) is 26.3. The summed E-state index contributed by atoms with van der Waals surface area (Å²) in [6, 6.07) is 29.5. The minimum absolute atomic E-state index is 0.342. The molecule has 0 N–H and O–H groups in total. The standard InChI is InChI=1S/C33H43O4P/c34-38(35-25-11-19-29-14-4-1-5-15-29,36-26-12-20-30-16-6-2-7-17-30)37-27-13-21-31-18-10-24-33(28-31)32-22-8-3-9-23-32/h1-2,4-7,10,14-18,24,28,32H,3,8-9,11-13,19-23,25-27H2. The fourth-order valence-corrected chi connectivity index (χ4v) is 6.48. The normalized spacial score (nSPS) is 14.5. The molecule has 0 spiro atoms. The first-order chi connectivity index (χ1) is 18.7. The van der Waals surface area contributed by atoms with Gasteiger partial charge in [-0.1, -0.05) is 104 Å². The second kappa shape index (κ2) is 16.0. The molecule has 38 heavy (non-hydrogen) atoms. The minimum Gasteiger partial charge on any atom is -0.287 e. The Bertz CT molecular complexity index is 1040. The maximum Gasteiger partial charge on any atom is 0.474 e. The topological polar surface area (TPSA) is 44.8 Å². The average Bonchev–Trinajstić information content (AvgIpc) is 2.98. The van der Waals surface area contributed by atoms with Crippen LogP contribution in [0.4, 0.5) is 0 Å². The van der Waals surface area contributed by atoms with Crippen molar-refractivity contribution in [2.45, 2.75) is 76.5 Å². The molecule has 1 aliphatic carbocycles. The summed E-state index contributed by atoms with van der Waals surface area (Å²) in [6.45, 7) is 1.03. The fraction of sp³-hybridized carbons (Fsp3) is 0.455. The van der Waals surface area contributed by atoms with Crippen LogP contribution in [0.25, 0.3) is 0 Å². The Morgan fingerprint density at radius 1 is 0.579 bits per heavy atom. The number of phosphoric ester groups is 1. The van der Waals surface area contributed by atoms with Crippen LogP contribution in [0.2, 0.25) is 0 Å². The zero-order valence-electron chi connectivity index (χ0n) is 22.6. The molecule has 0 amide bonds. The summed E-state index contributed by atoms with van der Waals surface area (Å²) in [4.78, 5) is 0. The van der Waals surface area contributed by atoms with Gasteiger partial charge in [0.1, 0.15) is 0 Å². The number of rotatable bonds is 16. The van der Waals surface area contributed by atoms with Gasteiger partial charge >= 0.3 is 7.82 Å². The molecule has 1 saturated carbocycles. The average molecular weight is 535 g/mol. The van der Waals surface area contributed by atoms with Crippen molar-refractivity contribution >= 4 is 7.82 Å². The third-order valence-electron chi connectivity index (χ3n) is 7.29. The molecule has 3 aromatic rings. The van der Waals surface area contributed by atoms with Crippen molar-refractivity contribution in [3.63, 3.8) is 0 Å². The van der Waals surface area contributed by atoms with Gasteiger partial charge in [-0.25, -0.2) is 4.57 Å². The minimum atomic E-state index is -3.61. The van der Waals surface area contributed by atoms with E-state index in [0.29, 0.717) is 25.7 Å². The Morgan fingerprint density at radius 2 is 1.05 bits per heavy atom. The highest BCUT2D eigenvalue weighted by Gasteiger charge is 2.26. The van der Waals surface area contributed by atoms with Crippen LogP contribution in [0, 0.1) is 0 Å². The van der Waals surface area contributed by atoms with Crippen LogP contribution < -0.4 is 0 Å². The van der Waals surface area contributed by atoms with E-state index in [-0.39, 0.29) is 0 Å². The van der Waals surface area contributed by atoms with E-state index in [1.54, 1.807) is 0 Å². The van der Waals surface area contributed by atoms with E-state index in [1.165, 1.54) is 54.4 Å². The van der Waals surface area contributed by atoms with Gasteiger partial charge < -0.3 is 0 Å². The van der Waals surface area contributed by atoms with Gasteiger partial charge in [-0.2, -0.15) is 0 Å². The molecule has 0 bridgehead atoms. The second-order valence-corrected chi connectivity index (χ2v) is 12.0. The van der Waals surface area contributed by atoms with Crippen LogP contribution in [-0.4, -0.2) is 19.8 Å². The molecular formula is C33H43O4P. The lowest BCUT2D eigenvalue weighted by Crippen LogP contribution is -2.06. The fourth-order valence-electron chi connectivity index (χ4n) is 5.20. The highest BCUT2D eigenvalue weighted by molar-refractivity contribution is 7.48. The van der Waals surface area contributed by atoms with Gasteiger partial charge in [-0.05, 0) is 79.5 Å². The first kappa shape index (κ1) is 28.8. The molecule has 3 aromatic carbocycles. The number of phosphoric acid groups is 1. The van der Waals surface area contributed by atoms with Gasteiger partial charge in [0.25, 0.3) is 0 Å². The van der Waals surface area contributed by atoms with Crippen LogP contribution in [0.1, 0.15) is 79.5 Å². The van der Waals surface area contributed by atoms with E-state index < -0.39 is 7.82 Å². The molecule has 0 aromatic heterocycles. The molecule has 0 atom stereocenters. The summed E-state index contributed by atoms with van der Waals surface area (Å²) in [5, 5.41) is 0. The SMILES string of the molecule is O=P(OCCCc1ccccc1)(OCCCc1ccccc1)OCCCc1cccc(C2CCCCC2)c1. The van der Waals surface area contributed by atoms with E-state index in [0.717, 1.165) is 38.5 Å². The molecule has 4 nitrogen and oxygen atoms in total. The van der Waals surface area contributed by atoms with Gasteiger partial charge in [0.2, 0.25) is 0 Å². The molecule has 0 saturated heterocycles. The Kier molecular flexibility index (Phi) is 12.1. The van der Waals surface area contributed by atoms with Crippen molar-refractivity contribution in [1.82, 2.24) is 0 Å². The van der Waals surface area contributed by atoms with Crippen molar-refractivity contribution in [3.05, 3.63) is 107 Å². The lowest BCUT2D eigenvalue weighted by molar-refractivity contribution is 0.110. The highest BCUT2D eigenvalue weighted by Crippen LogP contribution is 2.50. The molecule has 1 fully saturated rings. The van der Waals surface area contributed by atoms with Crippen molar-refractivity contribution in [3.8, 4) is 0 Å². The summed E-state index contributed by atoms with van der Waals surface area (Å²) < 4.78 is 30.8. The largest absolute Gasteiger partial charge is 0.474 e. The molecule has 4 rings (SSSR count). The number of benzene rings is 3. The van der Waals surface area contributed by atoms with Gasteiger partial charge in [0.15, 0.2) is 0 Å². The Labute approximate surface area is 229 Å². The van der Waals surface area contributed by atoms with Crippen molar-refractivity contribution in [2.75, 3.05) is 19.8 Å². The quantitative estimate of drug-likeness (QED) is 0.136. The first-order valence-corrected chi connectivity index (χ1v) is 15.9. The maximum atomic E-state index is 13.4. The summed E-state index contributed by atoms with van der Waals surface area (Å²) in [5.41, 5.74) is 5.27. The number of aryl methyl sites for hydroxylation is 3. The van der Waals surface area contributed by atoms with Crippen LogP contribution in [-0.2, 0) is 37.4 Å². The third-order valence-corrected chi connectivity index (χ3v) is 8.79. The van der Waals surface area contributed by atoms with Crippen LogP contribution in [0.5, 0.6) is 0 Å². The molecular weight excluding hydrogens is 491 g/mol. The smallest absolute Gasteiger partial charge is 0.287 e. The Hall–Kier alpha value is -2.23. The molecule has 0 radical (unpaired) electrons. The second-order valence-electron chi connectivity index (χ2n) is 10.3. The van der Waals surface area contributed by atoms with Gasteiger partial charge in [0.05, 0.1) is 19.8 Å². The predicted octanol–water partition coefficient (Wildman–Crippen LogP) is 9.09. The first-order valence-electron chi connectivity index (χ1n) is 14.4. The molecule has 204 valence electrons. The van der Waals surface area contributed by atoms with E-state index in [4.69, 9.17) is 13.6 Å². The Morgan fingerprint density at radius 3 is 1.58 bits per heavy atom. The highest BCUT2D eigenvalue weighted by atomic mass is 31.2. The van der Waals surface area contributed by atoms with Gasteiger partial charge in [-0.3, -0.25) is 13.6 Å². The van der Waals surface area contributed by atoms with Gasteiger partial charge in [-0.15, -0.1) is 0 Å². The van der Waals surface area contributed by atoms with E-state index >= 15 is 0 Å². The van der Waals surface area contributed by atoms with E-state index in [2.05, 4.69) is 48.5 Å². The third kappa shape index (κ3) is 10.2. The predicted molar refractivity (Wildman–Crippen MR) is 156 cm³/mol. The maximum absolute atomic E-state index is 13.4. The van der Waals surface area contributed by atoms with E-state index in [1.807, 2.05) is 36.4 Å². The zero-order valence-corrected chi connectivity index (χ0v) is 23.5. The lowest BCUT2D eigenvalue weighted by atomic mass is 9.83. The number of hydrogen-bond acceptors (Lipinski definition) is 4. The van der Waals surface area contributed by atoms with Crippen molar-refractivity contribution < 1.29 is 18.1 Å². The lowest BCUT2D eigenvalue weighted by Gasteiger charge is -2.22. The summed E-state index contributed by atoms with van der Waals surface area (Å²) in [7, 11) is -3.61. The summed E-state index contributed by atoms with van der Waals surface area (Å²) >= 11 is 0. The van der Waals surface area contributed by atoms with Crippen LogP contribution in [0.15, 0.2) is 84.9 Å². The van der Waals surface area contributed by atoms with Crippen molar-refractivity contribution in [1.29, 1.82) is 0 Å². The Balaban J connectivity index is 1.23. The van der Waals surface area contributed by atoms with Gasteiger partial charge in [0, 0.05) is 0 Å².